The average Bonchev–Trinajstić information content (AvgIpc) is 2.77. The molecule has 3 amide bonds. The number of ether oxygens (including phenoxy) is 1. The molecule has 0 aliphatic carbocycles. The molecule has 0 fully saturated rings. The first-order valence-corrected chi connectivity index (χ1v) is 10.5. The first-order chi connectivity index (χ1) is 15.7. The van der Waals surface area contributed by atoms with Crippen LogP contribution in [0.4, 0.5) is 10.1 Å². The zero-order chi connectivity index (χ0) is 24.4. The lowest BCUT2D eigenvalue weighted by Gasteiger charge is -2.24. The molecule has 2 rings (SSSR count). The molecule has 0 aliphatic heterocycles. The van der Waals surface area contributed by atoms with Gasteiger partial charge in [-0.15, -0.1) is 0 Å². The van der Waals surface area contributed by atoms with Crippen LogP contribution in [0.1, 0.15) is 25.8 Å². The fourth-order valence-electron chi connectivity index (χ4n) is 3.04. The van der Waals surface area contributed by atoms with Crippen LogP contribution in [0.15, 0.2) is 54.6 Å². The lowest BCUT2D eigenvalue weighted by Crippen LogP contribution is -2.47. The normalized spacial score (nSPS) is 11.5. The van der Waals surface area contributed by atoms with Crippen LogP contribution in [0.5, 0.6) is 0 Å². The summed E-state index contributed by atoms with van der Waals surface area (Å²) in [6, 6.07) is 13.2. The Bertz CT molecular complexity index is 964. The van der Waals surface area contributed by atoms with Crippen LogP contribution in [0.3, 0.4) is 0 Å². The summed E-state index contributed by atoms with van der Waals surface area (Å²) in [6.45, 7) is 2.81. The highest BCUT2D eigenvalue weighted by Crippen LogP contribution is 2.16. The van der Waals surface area contributed by atoms with Gasteiger partial charge >= 0.3 is 5.97 Å². The number of hydrogen-bond acceptors (Lipinski definition) is 5. The van der Waals surface area contributed by atoms with Crippen molar-refractivity contribution in [3.05, 3.63) is 66.0 Å². The Morgan fingerprint density at radius 2 is 1.67 bits per heavy atom. The van der Waals surface area contributed by atoms with E-state index in [1.54, 1.807) is 26.0 Å². The van der Waals surface area contributed by atoms with Crippen molar-refractivity contribution in [3.63, 3.8) is 0 Å². The maximum absolute atomic E-state index is 13.2. The molecule has 0 spiro atoms. The molecule has 0 aliphatic rings. The van der Waals surface area contributed by atoms with E-state index in [2.05, 4.69) is 5.32 Å². The van der Waals surface area contributed by atoms with E-state index in [0.29, 0.717) is 5.69 Å². The molecule has 2 aromatic rings. The van der Waals surface area contributed by atoms with E-state index >= 15 is 0 Å². The number of anilines is 1. The minimum Gasteiger partial charge on any atom is -0.454 e. The second-order valence-corrected chi connectivity index (χ2v) is 7.80. The Labute approximate surface area is 191 Å². The Morgan fingerprint density at radius 3 is 2.24 bits per heavy atom. The molecule has 0 saturated carbocycles. The Kier molecular flexibility index (Phi) is 9.53. The lowest BCUT2D eigenvalue weighted by atomic mass is 10.0. The van der Waals surface area contributed by atoms with Crippen molar-refractivity contribution in [3.8, 4) is 0 Å². The number of hydrogen-bond donors (Lipinski definition) is 2. The maximum Gasteiger partial charge on any atom is 0.329 e. The van der Waals surface area contributed by atoms with Gasteiger partial charge in [0.05, 0.1) is 6.42 Å². The van der Waals surface area contributed by atoms with Crippen molar-refractivity contribution in [2.75, 3.05) is 18.1 Å². The average molecular weight is 458 g/mol. The van der Waals surface area contributed by atoms with Gasteiger partial charge in [-0.1, -0.05) is 44.2 Å². The number of primary amides is 1. The van der Waals surface area contributed by atoms with Crippen molar-refractivity contribution in [2.45, 2.75) is 32.7 Å². The zero-order valence-corrected chi connectivity index (χ0v) is 18.6. The van der Waals surface area contributed by atoms with Crippen molar-refractivity contribution in [1.82, 2.24) is 5.32 Å². The first-order valence-electron chi connectivity index (χ1n) is 10.5. The van der Waals surface area contributed by atoms with Crippen LogP contribution in [-0.2, 0) is 30.3 Å². The van der Waals surface area contributed by atoms with Gasteiger partial charge in [-0.3, -0.25) is 14.4 Å². The molecule has 3 N–H and O–H groups in total. The molecule has 0 aromatic heterocycles. The van der Waals surface area contributed by atoms with E-state index in [-0.39, 0.29) is 31.2 Å². The van der Waals surface area contributed by atoms with E-state index in [1.165, 1.54) is 29.2 Å². The number of benzene rings is 2. The minimum absolute atomic E-state index is 0.0568. The van der Waals surface area contributed by atoms with E-state index in [9.17, 15) is 23.6 Å². The molecule has 33 heavy (non-hydrogen) atoms. The van der Waals surface area contributed by atoms with E-state index in [4.69, 9.17) is 10.5 Å². The largest absolute Gasteiger partial charge is 0.454 e. The van der Waals surface area contributed by atoms with Gasteiger partial charge in [-0.25, -0.2) is 9.18 Å². The monoisotopic (exact) mass is 457 g/mol. The quantitative estimate of drug-likeness (QED) is 0.500. The Balaban J connectivity index is 2.00. The first kappa shape index (κ1) is 25.5. The molecule has 176 valence electrons. The summed E-state index contributed by atoms with van der Waals surface area (Å²) >= 11 is 0. The number of carbonyl (C=O) groups is 4. The number of amides is 3. The third-order valence-corrected chi connectivity index (χ3v) is 4.80. The fourth-order valence-corrected chi connectivity index (χ4v) is 3.04. The summed E-state index contributed by atoms with van der Waals surface area (Å²) < 4.78 is 18.4. The zero-order valence-electron chi connectivity index (χ0n) is 18.6. The van der Waals surface area contributed by atoms with Gasteiger partial charge in [0.25, 0.3) is 5.91 Å². The van der Waals surface area contributed by atoms with Gasteiger partial charge in [0, 0.05) is 18.7 Å². The second-order valence-electron chi connectivity index (χ2n) is 7.80. The van der Waals surface area contributed by atoms with Gasteiger partial charge in [-0.05, 0) is 35.7 Å². The van der Waals surface area contributed by atoms with E-state index < -0.39 is 36.2 Å². The van der Waals surface area contributed by atoms with Crippen molar-refractivity contribution in [2.24, 2.45) is 11.7 Å². The highest BCUT2D eigenvalue weighted by molar-refractivity contribution is 5.96. The number of rotatable bonds is 11. The van der Waals surface area contributed by atoms with Crippen LogP contribution in [0.25, 0.3) is 0 Å². The van der Waals surface area contributed by atoms with Crippen molar-refractivity contribution >= 4 is 29.4 Å². The lowest BCUT2D eigenvalue weighted by molar-refractivity contribution is -0.152. The van der Waals surface area contributed by atoms with Crippen molar-refractivity contribution < 1.29 is 28.3 Å². The van der Waals surface area contributed by atoms with Crippen LogP contribution in [0.2, 0.25) is 0 Å². The van der Waals surface area contributed by atoms with Crippen LogP contribution in [-0.4, -0.2) is 42.9 Å². The smallest absolute Gasteiger partial charge is 0.329 e. The molecule has 8 nitrogen and oxygen atoms in total. The molecule has 2 aromatic carbocycles. The Morgan fingerprint density at radius 1 is 1.03 bits per heavy atom. The van der Waals surface area contributed by atoms with Gasteiger partial charge in [0.15, 0.2) is 6.61 Å². The molecular formula is C24H28FN3O5. The summed E-state index contributed by atoms with van der Waals surface area (Å²) in [5.74, 6) is -3.11. The number of nitrogens with two attached hydrogens (primary N) is 1. The van der Waals surface area contributed by atoms with Crippen LogP contribution >= 0.6 is 0 Å². The molecule has 1 atom stereocenters. The summed E-state index contributed by atoms with van der Waals surface area (Å²) in [7, 11) is 0. The number of nitrogens with zero attached hydrogens (tertiary/aromatic N) is 1. The van der Waals surface area contributed by atoms with E-state index in [0.717, 1.165) is 5.56 Å². The number of carbonyl (C=O) groups excluding carboxylic acids is 4. The molecule has 0 heterocycles. The standard InChI is InChI=1S/C24H28FN3O5/c1-16(2)23(27-21(30)14-17-6-4-3-5-7-17)24(32)33-15-22(31)28(13-12-20(26)29)19-10-8-18(25)9-11-19/h3-11,16,23H,12-15H2,1-2H3,(H2,26,29)(H,27,30)/t23-/m0/s1. The second kappa shape index (κ2) is 12.3. The topological polar surface area (TPSA) is 119 Å². The fraction of sp³-hybridized carbons (Fsp3) is 0.333. The molecule has 0 saturated heterocycles. The summed E-state index contributed by atoms with van der Waals surface area (Å²) in [6.07, 6.45) is -0.0248. The summed E-state index contributed by atoms with van der Waals surface area (Å²) in [5, 5.41) is 2.65. The van der Waals surface area contributed by atoms with Crippen LogP contribution < -0.4 is 16.0 Å². The third-order valence-electron chi connectivity index (χ3n) is 4.80. The summed E-state index contributed by atoms with van der Waals surface area (Å²) in [5.41, 5.74) is 6.30. The Hall–Kier alpha value is -3.75. The maximum atomic E-state index is 13.2. The number of nitrogens with one attached hydrogen (secondary N) is 1. The highest BCUT2D eigenvalue weighted by Gasteiger charge is 2.27. The SMILES string of the molecule is CC(C)[C@H](NC(=O)Cc1ccccc1)C(=O)OCC(=O)N(CCC(N)=O)c1ccc(F)cc1. The van der Waals surface area contributed by atoms with Gasteiger partial charge in [0.2, 0.25) is 11.8 Å². The minimum atomic E-state index is -0.945. The predicted molar refractivity (Wildman–Crippen MR) is 120 cm³/mol. The molecular weight excluding hydrogens is 429 g/mol. The molecule has 0 bridgehead atoms. The summed E-state index contributed by atoms with van der Waals surface area (Å²) in [4.78, 5) is 50.1. The third kappa shape index (κ3) is 8.36. The number of esters is 1. The number of halogens is 1. The predicted octanol–water partition coefficient (Wildman–Crippen LogP) is 1.96. The van der Waals surface area contributed by atoms with E-state index in [1.807, 2.05) is 18.2 Å². The highest BCUT2D eigenvalue weighted by atomic mass is 19.1. The van der Waals surface area contributed by atoms with Gasteiger partial charge < -0.3 is 20.7 Å². The molecule has 0 radical (unpaired) electrons. The van der Waals surface area contributed by atoms with Crippen LogP contribution in [0, 0.1) is 11.7 Å². The molecule has 0 unspecified atom stereocenters. The molecule has 9 heteroatoms. The van der Waals surface area contributed by atoms with Crippen molar-refractivity contribution in [1.29, 1.82) is 0 Å². The van der Waals surface area contributed by atoms with Gasteiger partial charge in [-0.2, -0.15) is 0 Å². The van der Waals surface area contributed by atoms with Gasteiger partial charge in [0.1, 0.15) is 11.9 Å².